The Labute approximate surface area is 354 Å². The molecule has 0 amide bonds. The van der Waals surface area contributed by atoms with Gasteiger partial charge in [-0.25, -0.2) is 0 Å². The van der Waals surface area contributed by atoms with Gasteiger partial charge in [0.2, 0.25) is 0 Å². The van der Waals surface area contributed by atoms with E-state index in [4.69, 9.17) is 0 Å². The third-order valence-corrected chi connectivity index (χ3v) is 12.9. The normalized spacial score (nSPS) is 11.3. The zero-order valence-electron chi connectivity index (χ0n) is 32.9. The van der Waals surface area contributed by atoms with Crippen LogP contribution in [0.4, 0.5) is 17.1 Å². The molecule has 1 aromatic heterocycles. The highest BCUT2D eigenvalue weighted by molar-refractivity contribution is 7.26. The maximum atomic E-state index is 2.37. The largest absolute Gasteiger partial charge is 0.310 e. The molecule has 0 aliphatic rings. The van der Waals surface area contributed by atoms with Crippen LogP contribution >= 0.6 is 11.3 Å². The van der Waals surface area contributed by atoms with E-state index >= 15 is 0 Å². The zero-order valence-corrected chi connectivity index (χ0v) is 33.7. The molecule has 1 heterocycles. The van der Waals surface area contributed by atoms with Crippen molar-refractivity contribution in [3.05, 3.63) is 237 Å². The fraction of sp³-hybridized carbons (Fsp3) is 0. The zero-order chi connectivity index (χ0) is 39.8. The van der Waals surface area contributed by atoms with Gasteiger partial charge in [-0.05, 0) is 121 Å². The lowest BCUT2D eigenvalue weighted by molar-refractivity contribution is 1.28. The standard InChI is InChI=1S/C58H39NS/c1-2-13-40(14-3-1)44-17-8-19-46(37-44)47-20-10-22-51(39-47)59(50-35-31-43(32-36-50)53-25-11-16-42-15-4-5-23-52(42)53)49-33-29-41(30-34-49)45-18-9-21-48(38-45)54-26-12-27-56-55-24-6-7-28-57(55)60-58(54)56/h1-39H. The summed E-state index contributed by atoms with van der Waals surface area (Å²) in [7, 11) is 0. The molecule has 0 radical (unpaired) electrons. The van der Waals surface area contributed by atoms with Gasteiger partial charge in [0.25, 0.3) is 0 Å². The van der Waals surface area contributed by atoms with Crippen LogP contribution in [-0.4, -0.2) is 0 Å². The molecule has 10 aromatic carbocycles. The molecule has 11 rings (SSSR count). The van der Waals surface area contributed by atoms with Crippen LogP contribution in [0.2, 0.25) is 0 Å². The summed E-state index contributed by atoms with van der Waals surface area (Å²) in [6.45, 7) is 0. The minimum absolute atomic E-state index is 1.10. The van der Waals surface area contributed by atoms with Gasteiger partial charge in [-0.1, -0.05) is 182 Å². The minimum Gasteiger partial charge on any atom is -0.310 e. The first-order valence-electron chi connectivity index (χ1n) is 20.5. The summed E-state index contributed by atoms with van der Waals surface area (Å²) >= 11 is 1.88. The molecule has 0 saturated carbocycles. The Balaban J connectivity index is 0.978. The Morgan fingerprint density at radius 1 is 0.267 bits per heavy atom. The Kier molecular flexibility index (Phi) is 9.11. The first-order chi connectivity index (χ1) is 29.7. The van der Waals surface area contributed by atoms with Crippen molar-refractivity contribution in [2.24, 2.45) is 0 Å². The van der Waals surface area contributed by atoms with Gasteiger partial charge in [0.1, 0.15) is 0 Å². The Hall–Kier alpha value is -7.52. The molecule has 0 aliphatic heterocycles. The van der Waals surface area contributed by atoms with E-state index in [1.165, 1.54) is 86.6 Å². The van der Waals surface area contributed by atoms with Crippen molar-refractivity contribution in [3.8, 4) is 55.6 Å². The maximum absolute atomic E-state index is 2.37. The van der Waals surface area contributed by atoms with E-state index in [0.29, 0.717) is 0 Å². The molecule has 0 aliphatic carbocycles. The molecule has 0 atom stereocenters. The maximum Gasteiger partial charge on any atom is 0.0467 e. The van der Waals surface area contributed by atoms with Gasteiger partial charge >= 0.3 is 0 Å². The van der Waals surface area contributed by atoms with Gasteiger partial charge < -0.3 is 4.90 Å². The second kappa shape index (κ2) is 15.3. The second-order valence-electron chi connectivity index (χ2n) is 15.3. The van der Waals surface area contributed by atoms with Crippen LogP contribution in [-0.2, 0) is 0 Å². The van der Waals surface area contributed by atoms with Crippen LogP contribution in [0.25, 0.3) is 86.6 Å². The first-order valence-corrected chi connectivity index (χ1v) is 21.3. The monoisotopic (exact) mass is 781 g/mol. The predicted molar refractivity (Wildman–Crippen MR) is 259 cm³/mol. The number of hydrogen-bond donors (Lipinski definition) is 0. The van der Waals surface area contributed by atoms with E-state index in [1.807, 2.05) is 11.3 Å². The minimum atomic E-state index is 1.10. The van der Waals surface area contributed by atoms with Crippen molar-refractivity contribution in [1.29, 1.82) is 0 Å². The molecule has 0 fully saturated rings. The van der Waals surface area contributed by atoms with Crippen molar-refractivity contribution >= 4 is 59.3 Å². The highest BCUT2D eigenvalue weighted by atomic mass is 32.1. The van der Waals surface area contributed by atoms with Crippen molar-refractivity contribution in [2.45, 2.75) is 0 Å². The topological polar surface area (TPSA) is 3.24 Å². The second-order valence-corrected chi connectivity index (χ2v) is 16.4. The Morgan fingerprint density at radius 3 is 1.52 bits per heavy atom. The van der Waals surface area contributed by atoms with Crippen molar-refractivity contribution in [1.82, 2.24) is 0 Å². The van der Waals surface area contributed by atoms with Crippen LogP contribution in [0, 0.1) is 0 Å². The summed E-state index contributed by atoms with van der Waals surface area (Å²) in [5, 5.41) is 5.15. The third-order valence-electron chi connectivity index (χ3n) is 11.7. The van der Waals surface area contributed by atoms with E-state index in [2.05, 4.69) is 241 Å². The SMILES string of the molecule is c1ccc(-c2cccc(-c3cccc(N(c4ccc(-c5cccc(-c6cccc7c6sc6ccccc67)c5)cc4)c4ccc(-c5cccc6ccccc56)cc4)c3)c2)cc1. The van der Waals surface area contributed by atoms with Gasteiger partial charge in [0, 0.05) is 37.2 Å². The lowest BCUT2D eigenvalue weighted by Crippen LogP contribution is -2.10. The van der Waals surface area contributed by atoms with Crippen molar-refractivity contribution in [2.75, 3.05) is 4.90 Å². The van der Waals surface area contributed by atoms with Crippen LogP contribution in [0.3, 0.4) is 0 Å². The molecule has 282 valence electrons. The number of hydrogen-bond acceptors (Lipinski definition) is 2. The molecule has 0 saturated heterocycles. The molecule has 2 heteroatoms. The van der Waals surface area contributed by atoms with Gasteiger partial charge in [-0.15, -0.1) is 11.3 Å². The molecule has 1 nitrogen and oxygen atoms in total. The van der Waals surface area contributed by atoms with E-state index in [1.54, 1.807) is 0 Å². The Bertz CT molecular complexity index is 3300. The van der Waals surface area contributed by atoms with Crippen molar-refractivity contribution < 1.29 is 0 Å². The van der Waals surface area contributed by atoms with E-state index in [-0.39, 0.29) is 0 Å². The highest BCUT2D eigenvalue weighted by Crippen LogP contribution is 2.42. The van der Waals surface area contributed by atoms with E-state index in [0.717, 1.165) is 17.1 Å². The molecular formula is C58H39NS. The summed E-state index contributed by atoms with van der Waals surface area (Å²) < 4.78 is 2.66. The summed E-state index contributed by atoms with van der Waals surface area (Å²) in [5.41, 5.74) is 15.4. The average Bonchev–Trinajstić information content (AvgIpc) is 3.72. The van der Waals surface area contributed by atoms with Gasteiger partial charge in [0.15, 0.2) is 0 Å². The van der Waals surface area contributed by atoms with Crippen LogP contribution < -0.4 is 4.90 Å². The number of anilines is 3. The smallest absolute Gasteiger partial charge is 0.0467 e. The first kappa shape index (κ1) is 35.6. The summed E-state index contributed by atoms with van der Waals surface area (Å²) in [4.78, 5) is 2.37. The van der Waals surface area contributed by atoms with Gasteiger partial charge in [-0.3, -0.25) is 0 Å². The number of nitrogens with zero attached hydrogens (tertiary/aromatic N) is 1. The van der Waals surface area contributed by atoms with Crippen molar-refractivity contribution in [3.63, 3.8) is 0 Å². The van der Waals surface area contributed by atoms with E-state index < -0.39 is 0 Å². The predicted octanol–water partition coefficient (Wildman–Crippen LogP) is 17.0. The quantitative estimate of drug-likeness (QED) is 0.148. The molecular weight excluding hydrogens is 743 g/mol. The summed E-state index contributed by atoms with van der Waals surface area (Å²) in [6, 6.07) is 86.0. The average molecular weight is 782 g/mol. The fourth-order valence-electron chi connectivity index (χ4n) is 8.69. The van der Waals surface area contributed by atoms with Crippen LogP contribution in [0.1, 0.15) is 0 Å². The number of rotatable bonds is 8. The number of benzene rings is 10. The molecule has 0 N–H and O–H groups in total. The van der Waals surface area contributed by atoms with Crippen LogP contribution in [0.15, 0.2) is 237 Å². The molecule has 0 bridgehead atoms. The molecule has 11 aromatic rings. The van der Waals surface area contributed by atoms with Crippen LogP contribution in [0.5, 0.6) is 0 Å². The molecule has 0 unspecified atom stereocenters. The van der Waals surface area contributed by atoms with E-state index in [9.17, 15) is 0 Å². The Morgan fingerprint density at radius 2 is 0.750 bits per heavy atom. The number of thiophene rings is 1. The lowest BCUT2D eigenvalue weighted by atomic mass is 9.97. The highest BCUT2D eigenvalue weighted by Gasteiger charge is 2.16. The van der Waals surface area contributed by atoms with Gasteiger partial charge in [-0.2, -0.15) is 0 Å². The number of fused-ring (bicyclic) bond motifs is 4. The molecule has 0 spiro atoms. The molecule has 60 heavy (non-hydrogen) atoms. The van der Waals surface area contributed by atoms with Gasteiger partial charge in [0.05, 0.1) is 0 Å². The lowest BCUT2D eigenvalue weighted by Gasteiger charge is -2.26. The fourth-order valence-corrected chi connectivity index (χ4v) is 9.93. The third kappa shape index (κ3) is 6.63. The summed E-state index contributed by atoms with van der Waals surface area (Å²) in [5.74, 6) is 0. The summed E-state index contributed by atoms with van der Waals surface area (Å²) in [6.07, 6.45) is 0.